The van der Waals surface area contributed by atoms with Crippen molar-refractivity contribution >= 4 is 28.6 Å². The van der Waals surface area contributed by atoms with Gasteiger partial charge in [0.2, 0.25) is 0 Å². The standard InChI is InChI=1S/C33H26F6O6S/c1-44-25-12-24(29(41)42)27(13-26(25)45-30(43)31-14-17-10-18(15-31)28(40)19(11-17)16-31)46(22-6-2-20(3-7-22)32(34,35)36)23-8-4-21(5-9-23)33(37,38)39/h2-9,12-13,17-19H,10-11,14-16H2,1H3. The van der Waals surface area contributed by atoms with E-state index >= 15 is 0 Å². The van der Waals surface area contributed by atoms with Gasteiger partial charge in [-0.05, 0) is 92.6 Å². The van der Waals surface area contributed by atoms with Crippen LogP contribution in [0.5, 0.6) is 11.5 Å². The van der Waals surface area contributed by atoms with Gasteiger partial charge in [-0.15, -0.1) is 0 Å². The maximum atomic E-state index is 13.8. The lowest BCUT2D eigenvalue weighted by Gasteiger charge is -2.53. The number of carboxylic acid groups (broad SMARTS) is 1. The van der Waals surface area contributed by atoms with E-state index in [1.54, 1.807) is 0 Å². The number of hydrogen-bond acceptors (Lipinski definition) is 6. The quantitative estimate of drug-likeness (QED) is 0.124. The fourth-order valence-corrected chi connectivity index (χ4v) is 9.45. The highest BCUT2D eigenvalue weighted by Gasteiger charge is 2.59. The van der Waals surface area contributed by atoms with Gasteiger partial charge in [-0.1, -0.05) is 0 Å². The summed E-state index contributed by atoms with van der Waals surface area (Å²) in [5, 5.41) is 12.4. The number of ketones is 1. The summed E-state index contributed by atoms with van der Waals surface area (Å²) in [6, 6.07) is 9.89. The van der Waals surface area contributed by atoms with Crippen molar-refractivity contribution in [2.24, 2.45) is 23.2 Å². The molecule has 0 radical (unpaired) electrons. The third-order valence-electron chi connectivity index (χ3n) is 9.17. The first-order chi connectivity index (χ1) is 21.6. The number of methoxy groups -OCH3 is 1. The molecule has 2 unspecified atom stereocenters. The maximum Gasteiger partial charge on any atom is 0.416 e. The second kappa shape index (κ2) is 11.4. The van der Waals surface area contributed by atoms with Crippen molar-refractivity contribution < 1.29 is 55.3 Å². The lowest BCUT2D eigenvalue weighted by molar-refractivity contribution is -0.255. The zero-order valence-electron chi connectivity index (χ0n) is 24.2. The number of Topliss-reactive ketones (excluding diaryl/α,β-unsaturated/α-hetero) is 1. The molecule has 0 spiro atoms. The van der Waals surface area contributed by atoms with Gasteiger partial charge in [0.1, 0.15) is 16.7 Å². The number of alkyl halides is 6. The third-order valence-corrected chi connectivity index (χ3v) is 11.4. The minimum atomic E-state index is -4.68. The summed E-state index contributed by atoms with van der Waals surface area (Å²) in [6.45, 7) is 0. The maximum absolute atomic E-state index is 13.8. The van der Waals surface area contributed by atoms with Gasteiger partial charge in [-0.3, -0.25) is 9.59 Å². The van der Waals surface area contributed by atoms with E-state index in [0.717, 1.165) is 67.4 Å². The highest BCUT2D eigenvalue weighted by molar-refractivity contribution is 7.97. The van der Waals surface area contributed by atoms with E-state index in [4.69, 9.17) is 9.47 Å². The second-order valence-corrected chi connectivity index (χ2v) is 14.0. The molecule has 0 N–H and O–H groups in total. The summed E-state index contributed by atoms with van der Waals surface area (Å²) in [6.07, 6.45) is -6.69. The molecule has 242 valence electrons. The second-order valence-electron chi connectivity index (χ2n) is 12.1. The van der Waals surface area contributed by atoms with Gasteiger partial charge in [0.05, 0.1) is 35.2 Å². The number of carbonyl (C=O) groups excluding carboxylic acids is 3. The number of carbonyl (C=O) groups is 3. The molecule has 13 heteroatoms. The molecule has 46 heavy (non-hydrogen) atoms. The fourth-order valence-electron chi connectivity index (χ4n) is 7.26. The van der Waals surface area contributed by atoms with Crippen molar-refractivity contribution in [1.29, 1.82) is 0 Å². The molecule has 3 aromatic rings. The van der Waals surface area contributed by atoms with E-state index in [0.29, 0.717) is 19.3 Å². The monoisotopic (exact) mass is 664 g/mol. The van der Waals surface area contributed by atoms with Crippen LogP contribution in [0.2, 0.25) is 0 Å². The highest BCUT2D eigenvalue weighted by Crippen LogP contribution is 2.59. The molecule has 0 aliphatic heterocycles. The molecule has 4 aliphatic carbocycles. The zero-order valence-corrected chi connectivity index (χ0v) is 25.0. The van der Waals surface area contributed by atoms with Crippen molar-refractivity contribution in [3.05, 3.63) is 77.4 Å². The predicted molar refractivity (Wildman–Crippen MR) is 149 cm³/mol. The molecule has 4 aliphatic rings. The van der Waals surface area contributed by atoms with Crippen LogP contribution in [0, 0.1) is 23.2 Å². The SMILES string of the molecule is COc1cc(C(=O)[O-])c([S+](c2ccc(C(F)(F)F)cc2)c2ccc(C(F)(F)F)cc2)cc1OC(=O)C12CC3CC(C1)C(=O)C(C3)C2. The van der Waals surface area contributed by atoms with Crippen LogP contribution < -0.4 is 14.6 Å². The lowest BCUT2D eigenvalue weighted by atomic mass is 9.49. The first-order valence-electron chi connectivity index (χ1n) is 14.4. The molecule has 0 amide bonds. The van der Waals surface area contributed by atoms with Crippen LogP contribution in [-0.4, -0.2) is 24.8 Å². The molecule has 6 nitrogen and oxygen atoms in total. The van der Waals surface area contributed by atoms with Gasteiger partial charge >= 0.3 is 18.3 Å². The summed E-state index contributed by atoms with van der Waals surface area (Å²) >= 11 is 0. The van der Waals surface area contributed by atoms with Crippen LogP contribution in [0.15, 0.2) is 75.4 Å². The molecule has 4 fully saturated rings. The Bertz CT molecular complexity index is 1620. The van der Waals surface area contributed by atoms with E-state index < -0.39 is 57.3 Å². The number of carboxylic acids is 1. The lowest BCUT2D eigenvalue weighted by Crippen LogP contribution is -2.55. The van der Waals surface area contributed by atoms with Crippen LogP contribution in [0.1, 0.15) is 53.6 Å². The molecule has 3 aromatic carbocycles. The number of benzene rings is 3. The summed E-state index contributed by atoms with van der Waals surface area (Å²) < 4.78 is 91.5. The molecular formula is C33H26F6O6S. The van der Waals surface area contributed by atoms with Gasteiger partial charge in [0, 0.05) is 17.9 Å². The number of halogens is 6. The van der Waals surface area contributed by atoms with Crippen LogP contribution in [0.25, 0.3) is 0 Å². The van der Waals surface area contributed by atoms with Gasteiger partial charge in [0.15, 0.2) is 26.2 Å². The Balaban J connectivity index is 1.46. The Hall–Kier alpha value is -4.00. The Kier molecular flexibility index (Phi) is 7.89. The zero-order chi connectivity index (χ0) is 33.2. The van der Waals surface area contributed by atoms with E-state index in [-0.39, 0.29) is 49.7 Å². The van der Waals surface area contributed by atoms with Gasteiger partial charge in [-0.2, -0.15) is 26.3 Å². The van der Waals surface area contributed by atoms with E-state index in [9.17, 15) is 45.8 Å². The normalized spacial score (nSPS) is 23.9. The van der Waals surface area contributed by atoms with E-state index in [1.165, 1.54) is 13.2 Å². The van der Waals surface area contributed by atoms with Crippen LogP contribution >= 0.6 is 0 Å². The topological polar surface area (TPSA) is 92.7 Å². The molecule has 7 rings (SSSR count). The Morgan fingerprint density at radius 1 is 0.804 bits per heavy atom. The van der Waals surface area contributed by atoms with Crippen molar-refractivity contribution in [3.8, 4) is 11.5 Å². The molecule has 0 aromatic heterocycles. The number of esters is 1. The Labute approximate surface area is 262 Å². The minimum absolute atomic E-state index is 0.0798. The van der Waals surface area contributed by atoms with Crippen molar-refractivity contribution in [2.45, 2.75) is 59.1 Å². The van der Waals surface area contributed by atoms with E-state index in [2.05, 4.69) is 0 Å². The smallest absolute Gasteiger partial charge is 0.416 e. The Morgan fingerprint density at radius 2 is 1.30 bits per heavy atom. The predicted octanol–water partition coefficient (Wildman–Crippen LogP) is 6.49. The summed E-state index contributed by atoms with van der Waals surface area (Å²) in [7, 11) is -0.392. The molecule has 4 bridgehead atoms. The highest BCUT2D eigenvalue weighted by atomic mass is 32.2. The summed E-state index contributed by atoms with van der Waals surface area (Å²) in [5.74, 6) is -2.72. The number of aromatic carboxylic acids is 1. The first kappa shape index (κ1) is 32.0. The number of ether oxygens (including phenoxy) is 2. The summed E-state index contributed by atoms with van der Waals surface area (Å²) in [4.78, 5) is 39.1. The molecule has 0 heterocycles. The molecule has 4 saturated carbocycles. The molecule has 0 saturated heterocycles. The molecular weight excluding hydrogens is 638 g/mol. The van der Waals surface area contributed by atoms with Crippen molar-refractivity contribution in [2.75, 3.05) is 7.11 Å². The minimum Gasteiger partial charge on any atom is -0.545 e. The molecule has 2 atom stereocenters. The van der Waals surface area contributed by atoms with Gasteiger partial charge in [-0.25, -0.2) is 0 Å². The van der Waals surface area contributed by atoms with Crippen molar-refractivity contribution in [1.82, 2.24) is 0 Å². The van der Waals surface area contributed by atoms with Crippen LogP contribution in [0.3, 0.4) is 0 Å². The van der Waals surface area contributed by atoms with E-state index in [1.807, 2.05) is 0 Å². The average molecular weight is 665 g/mol. The number of rotatable bonds is 7. The Morgan fingerprint density at radius 3 is 1.74 bits per heavy atom. The summed E-state index contributed by atoms with van der Waals surface area (Å²) in [5.41, 5.74) is -3.33. The first-order valence-corrected chi connectivity index (χ1v) is 15.6. The van der Waals surface area contributed by atoms with Crippen LogP contribution in [0.4, 0.5) is 26.3 Å². The third kappa shape index (κ3) is 5.73. The van der Waals surface area contributed by atoms with Crippen molar-refractivity contribution in [3.63, 3.8) is 0 Å². The van der Waals surface area contributed by atoms with Gasteiger partial charge in [0.25, 0.3) is 0 Å². The number of hydrogen-bond donors (Lipinski definition) is 0. The van der Waals surface area contributed by atoms with Gasteiger partial charge < -0.3 is 19.4 Å². The van der Waals surface area contributed by atoms with Crippen LogP contribution in [-0.2, 0) is 32.8 Å². The average Bonchev–Trinajstić information content (AvgIpc) is 2.99. The fraction of sp³-hybridized carbons (Fsp3) is 0.364. The largest absolute Gasteiger partial charge is 0.545 e.